The predicted octanol–water partition coefficient (Wildman–Crippen LogP) is 0.692. The molecule has 0 unspecified atom stereocenters. The molecule has 2 rings (SSSR count). The first-order valence-electron chi connectivity index (χ1n) is 4.44. The van der Waals surface area contributed by atoms with E-state index in [1.165, 1.54) is 0 Å². The topological polar surface area (TPSA) is 62.8 Å². The Bertz CT molecular complexity index is 406. The molecule has 1 N–H and O–H groups in total. The largest absolute Gasteiger partial charge is 0.281 e. The van der Waals surface area contributed by atoms with E-state index in [1.54, 1.807) is 0 Å². The maximum atomic E-state index is 11.7. The van der Waals surface area contributed by atoms with E-state index in [1.807, 2.05) is 6.92 Å². The summed E-state index contributed by atoms with van der Waals surface area (Å²) in [6.07, 6.45) is 2.19. The van der Waals surface area contributed by atoms with E-state index in [0.29, 0.717) is 23.4 Å². The number of aromatic amines is 1. The van der Waals surface area contributed by atoms with Crippen LogP contribution in [0.1, 0.15) is 24.7 Å². The summed E-state index contributed by atoms with van der Waals surface area (Å²) in [4.78, 5) is 0.473. The van der Waals surface area contributed by atoms with Crippen molar-refractivity contribution >= 4 is 9.84 Å². The molecule has 4 nitrogen and oxygen atoms in total. The van der Waals surface area contributed by atoms with Crippen molar-refractivity contribution < 1.29 is 8.42 Å². The second kappa shape index (κ2) is 2.83. The minimum atomic E-state index is -3.04. The molecular formula is C8H12N2O2S. The number of hydrogen-bond acceptors (Lipinski definition) is 3. The van der Waals surface area contributed by atoms with Crippen LogP contribution in [0.15, 0.2) is 4.90 Å². The fourth-order valence-electron chi connectivity index (χ4n) is 1.73. The number of aryl methyl sites for hydroxylation is 2. The number of nitrogens with one attached hydrogen (secondary N) is 1. The fourth-order valence-corrected chi connectivity index (χ4v) is 3.53. The van der Waals surface area contributed by atoms with Crippen LogP contribution >= 0.6 is 0 Å². The maximum absolute atomic E-state index is 11.7. The van der Waals surface area contributed by atoms with Crippen LogP contribution in [0.2, 0.25) is 0 Å². The molecule has 0 saturated carbocycles. The molecule has 2 heterocycles. The van der Waals surface area contributed by atoms with Crippen LogP contribution in [0.3, 0.4) is 0 Å². The lowest BCUT2D eigenvalue weighted by molar-refractivity contribution is 0.585. The zero-order valence-corrected chi connectivity index (χ0v) is 8.32. The highest BCUT2D eigenvalue weighted by atomic mass is 32.2. The van der Waals surface area contributed by atoms with Gasteiger partial charge in [0.1, 0.15) is 4.90 Å². The first-order valence-corrected chi connectivity index (χ1v) is 6.09. The lowest BCUT2D eigenvalue weighted by atomic mass is 10.2. The number of H-pyrrole nitrogens is 1. The van der Waals surface area contributed by atoms with E-state index in [0.717, 1.165) is 12.1 Å². The van der Waals surface area contributed by atoms with Gasteiger partial charge in [0.15, 0.2) is 9.84 Å². The normalized spacial score (nSPS) is 19.8. The highest BCUT2D eigenvalue weighted by Gasteiger charge is 2.28. The Morgan fingerprint density at radius 3 is 3.00 bits per heavy atom. The summed E-state index contributed by atoms with van der Waals surface area (Å²) in [5, 5.41) is 6.81. The number of sulfone groups is 1. The van der Waals surface area contributed by atoms with Crippen molar-refractivity contribution in [3.05, 3.63) is 11.4 Å². The fraction of sp³-hybridized carbons (Fsp3) is 0.625. The summed E-state index contributed by atoms with van der Waals surface area (Å²) in [7, 11) is -3.04. The average molecular weight is 200 g/mol. The van der Waals surface area contributed by atoms with E-state index >= 15 is 0 Å². The first-order chi connectivity index (χ1) is 6.15. The van der Waals surface area contributed by atoms with E-state index in [4.69, 9.17) is 0 Å². The van der Waals surface area contributed by atoms with Gasteiger partial charge in [0.05, 0.1) is 17.1 Å². The summed E-state index contributed by atoms with van der Waals surface area (Å²) >= 11 is 0. The maximum Gasteiger partial charge on any atom is 0.182 e. The van der Waals surface area contributed by atoms with Crippen LogP contribution < -0.4 is 0 Å². The second-order valence-corrected chi connectivity index (χ2v) is 5.30. The monoisotopic (exact) mass is 200 g/mol. The molecule has 0 amide bonds. The molecule has 0 radical (unpaired) electrons. The predicted molar refractivity (Wildman–Crippen MR) is 48.3 cm³/mol. The van der Waals surface area contributed by atoms with Crippen molar-refractivity contribution in [3.63, 3.8) is 0 Å². The van der Waals surface area contributed by atoms with Crippen LogP contribution in [0.4, 0.5) is 0 Å². The van der Waals surface area contributed by atoms with Gasteiger partial charge in [0.2, 0.25) is 0 Å². The van der Waals surface area contributed by atoms with E-state index in [2.05, 4.69) is 10.2 Å². The Hall–Kier alpha value is -0.840. The number of hydrogen-bond donors (Lipinski definition) is 1. The average Bonchev–Trinajstić information content (AvgIpc) is 2.48. The quantitative estimate of drug-likeness (QED) is 0.725. The van der Waals surface area contributed by atoms with Gasteiger partial charge < -0.3 is 0 Å². The Morgan fingerprint density at radius 2 is 2.31 bits per heavy atom. The molecule has 1 aromatic rings. The molecule has 0 spiro atoms. The van der Waals surface area contributed by atoms with Crippen molar-refractivity contribution in [2.24, 2.45) is 0 Å². The lowest BCUT2D eigenvalue weighted by Gasteiger charge is -2.11. The van der Waals surface area contributed by atoms with Gasteiger partial charge in [-0.2, -0.15) is 5.10 Å². The molecule has 0 atom stereocenters. The standard InChI is InChI=1S/C8H12N2O2S/c1-2-6-8-7(10-9-6)4-3-5-13(8,11)12/h2-5H2,1H3,(H,9,10). The molecule has 72 valence electrons. The molecule has 13 heavy (non-hydrogen) atoms. The van der Waals surface area contributed by atoms with Gasteiger partial charge in [0, 0.05) is 0 Å². The Balaban J connectivity index is 2.65. The molecule has 1 aromatic heterocycles. The minimum absolute atomic E-state index is 0.270. The molecule has 5 heteroatoms. The molecule has 0 aromatic carbocycles. The summed E-state index contributed by atoms with van der Waals surface area (Å²) in [6.45, 7) is 1.92. The van der Waals surface area contributed by atoms with Gasteiger partial charge in [-0.05, 0) is 19.3 Å². The number of fused-ring (bicyclic) bond motifs is 1. The number of nitrogens with zero attached hydrogens (tertiary/aromatic N) is 1. The van der Waals surface area contributed by atoms with Crippen LogP contribution in [0.5, 0.6) is 0 Å². The van der Waals surface area contributed by atoms with Gasteiger partial charge >= 0.3 is 0 Å². The second-order valence-electron chi connectivity index (χ2n) is 3.25. The molecule has 0 aliphatic carbocycles. The first kappa shape index (κ1) is 8.74. The molecule has 0 bridgehead atoms. The van der Waals surface area contributed by atoms with Crippen molar-refractivity contribution in [2.75, 3.05) is 5.75 Å². The van der Waals surface area contributed by atoms with Gasteiger partial charge in [-0.3, -0.25) is 5.10 Å². The Kier molecular flexibility index (Phi) is 1.91. The zero-order chi connectivity index (χ0) is 9.47. The van der Waals surface area contributed by atoms with E-state index in [-0.39, 0.29) is 5.75 Å². The molecule has 0 fully saturated rings. The van der Waals surface area contributed by atoms with Crippen molar-refractivity contribution in [1.29, 1.82) is 0 Å². The van der Waals surface area contributed by atoms with Crippen LogP contribution in [0, 0.1) is 0 Å². The third kappa shape index (κ3) is 1.27. The van der Waals surface area contributed by atoms with Crippen LogP contribution in [-0.4, -0.2) is 24.4 Å². The van der Waals surface area contributed by atoms with E-state index in [9.17, 15) is 8.42 Å². The van der Waals surface area contributed by atoms with Crippen molar-refractivity contribution in [1.82, 2.24) is 10.2 Å². The van der Waals surface area contributed by atoms with Gasteiger partial charge in [-0.25, -0.2) is 8.42 Å². The summed E-state index contributed by atoms with van der Waals surface area (Å²) in [6, 6.07) is 0. The summed E-state index contributed by atoms with van der Waals surface area (Å²) in [5.41, 5.74) is 1.48. The summed E-state index contributed by atoms with van der Waals surface area (Å²) in [5.74, 6) is 0.270. The summed E-state index contributed by atoms with van der Waals surface area (Å²) < 4.78 is 23.3. The zero-order valence-electron chi connectivity index (χ0n) is 7.50. The lowest BCUT2D eigenvalue weighted by Crippen LogP contribution is -2.16. The third-order valence-corrected chi connectivity index (χ3v) is 4.28. The van der Waals surface area contributed by atoms with Crippen LogP contribution in [0.25, 0.3) is 0 Å². The third-order valence-electron chi connectivity index (χ3n) is 2.35. The van der Waals surface area contributed by atoms with E-state index < -0.39 is 9.84 Å². The molecular weight excluding hydrogens is 188 g/mol. The highest BCUT2D eigenvalue weighted by Crippen LogP contribution is 2.26. The van der Waals surface area contributed by atoms with Crippen molar-refractivity contribution in [3.8, 4) is 0 Å². The van der Waals surface area contributed by atoms with Gasteiger partial charge in [-0.15, -0.1) is 0 Å². The van der Waals surface area contributed by atoms with Gasteiger partial charge in [-0.1, -0.05) is 6.92 Å². The SMILES string of the molecule is CCc1n[nH]c2c1S(=O)(=O)CCC2. The Morgan fingerprint density at radius 1 is 1.54 bits per heavy atom. The Labute approximate surface area is 77.3 Å². The molecule has 1 aliphatic rings. The minimum Gasteiger partial charge on any atom is -0.281 e. The van der Waals surface area contributed by atoms with Crippen molar-refractivity contribution in [2.45, 2.75) is 31.1 Å². The molecule has 0 saturated heterocycles. The van der Waals surface area contributed by atoms with Crippen LogP contribution in [-0.2, 0) is 22.7 Å². The van der Waals surface area contributed by atoms with Gasteiger partial charge in [0.25, 0.3) is 0 Å². The number of rotatable bonds is 1. The smallest absolute Gasteiger partial charge is 0.182 e. The molecule has 1 aliphatic heterocycles. The highest BCUT2D eigenvalue weighted by molar-refractivity contribution is 7.91. The number of aromatic nitrogens is 2.